The minimum absolute atomic E-state index is 0.298. The molecule has 2 aromatic carbocycles. The molecule has 15 heavy (non-hydrogen) atoms. The van der Waals surface area contributed by atoms with Gasteiger partial charge in [0, 0.05) is 14.3 Å². The molecular weight excluding hydrogens is 272 g/mol. The number of hydrogen-bond donors (Lipinski definition) is 1. The lowest BCUT2D eigenvalue weighted by Crippen LogP contribution is -1.74. The van der Waals surface area contributed by atoms with Gasteiger partial charge in [0.1, 0.15) is 5.75 Å². The summed E-state index contributed by atoms with van der Waals surface area (Å²) in [4.78, 5) is 2.28. The normalized spacial score (nSPS) is 10.2. The fourth-order valence-corrected chi connectivity index (χ4v) is 2.53. The summed E-state index contributed by atoms with van der Waals surface area (Å²) >= 11 is 5.16. The first-order valence-electron chi connectivity index (χ1n) is 4.47. The highest BCUT2D eigenvalue weighted by molar-refractivity contribution is 9.10. The Morgan fingerprint density at radius 3 is 2.27 bits per heavy atom. The van der Waals surface area contributed by atoms with Crippen LogP contribution < -0.4 is 0 Å². The maximum Gasteiger partial charge on any atom is 0.115 e. The van der Waals surface area contributed by atoms with Gasteiger partial charge in [-0.3, -0.25) is 0 Å². The largest absolute Gasteiger partial charge is 0.508 e. The van der Waals surface area contributed by atoms with E-state index in [1.165, 1.54) is 4.90 Å². The van der Waals surface area contributed by atoms with E-state index in [0.29, 0.717) is 5.75 Å². The van der Waals surface area contributed by atoms with Gasteiger partial charge in [0.15, 0.2) is 0 Å². The van der Waals surface area contributed by atoms with Crippen molar-refractivity contribution in [1.29, 1.82) is 0 Å². The van der Waals surface area contributed by atoms with Gasteiger partial charge in [-0.2, -0.15) is 0 Å². The van der Waals surface area contributed by atoms with E-state index in [1.54, 1.807) is 23.9 Å². The van der Waals surface area contributed by atoms with E-state index in [-0.39, 0.29) is 0 Å². The first-order valence-corrected chi connectivity index (χ1v) is 6.08. The Bertz CT molecular complexity index is 453. The molecule has 0 aliphatic carbocycles. The van der Waals surface area contributed by atoms with Gasteiger partial charge in [-0.15, -0.1) is 0 Å². The van der Waals surface area contributed by atoms with Gasteiger partial charge >= 0.3 is 0 Å². The Balaban J connectivity index is 2.22. The monoisotopic (exact) mass is 280 g/mol. The summed E-state index contributed by atoms with van der Waals surface area (Å²) in [7, 11) is 0. The quantitative estimate of drug-likeness (QED) is 0.885. The molecule has 0 heterocycles. The van der Waals surface area contributed by atoms with Gasteiger partial charge in [0.2, 0.25) is 0 Å². The molecule has 0 saturated heterocycles. The number of rotatable bonds is 2. The van der Waals surface area contributed by atoms with Crippen molar-refractivity contribution in [2.75, 3.05) is 0 Å². The van der Waals surface area contributed by atoms with Gasteiger partial charge in [-0.25, -0.2) is 0 Å². The van der Waals surface area contributed by atoms with Crippen molar-refractivity contribution >= 4 is 27.7 Å². The molecule has 0 aromatic heterocycles. The molecule has 2 aromatic rings. The summed E-state index contributed by atoms with van der Waals surface area (Å²) in [6, 6.07) is 15.3. The van der Waals surface area contributed by atoms with E-state index in [9.17, 15) is 0 Å². The number of hydrogen-bond acceptors (Lipinski definition) is 2. The molecule has 0 radical (unpaired) electrons. The molecule has 0 bridgehead atoms. The summed E-state index contributed by atoms with van der Waals surface area (Å²) in [5, 5.41) is 9.16. The second-order valence-electron chi connectivity index (χ2n) is 3.03. The lowest BCUT2D eigenvalue weighted by molar-refractivity contribution is 0.475. The number of phenols is 1. The molecule has 0 fully saturated rings. The molecule has 1 N–H and O–H groups in total. The third-order valence-electron chi connectivity index (χ3n) is 1.90. The molecule has 2 rings (SSSR count). The van der Waals surface area contributed by atoms with Crippen molar-refractivity contribution in [1.82, 2.24) is 0 Å². The molecule has 76 valence electrons. The summed E-state index contributed by atoms with van der Waals surface area (Å²) < 4.78 is 1.09. The van der Waals surface area contributed by atoms with Gasteiger partial charge in [-0.05, 0) is 52.3 Å². The second kappa shape index (κ2) is 4.73. The average Bonchev–Trinajstić information content (AvgIpc) is 2.25. The van der Waals surface area contributed by atoms with Gasteiger partial charge in [0.05, 0.1) is 0 Å². The van der Waals surface area contributed by atoms with Crippen molar-refractivity contribution in [3.8, 4) is 5.75 Å². The number of benzene rings is 2. The Morgan fingerprint density at radius 1 is 0.933 bits per heavy atom. The van der Waals surface area contributed by atoms with E-state index in [1.807, 2.05) is 30.3 Å². The van der Waals surface area contributed by atoms with E-state index in [4.69, 9.17) is 5.11 Å². The molecule has 3 heteroatoms. The van der Waals surface area contributed by atoms with Crippen molar-refractivity contribution < 1.29 is 5.11 Å². The zero-order valence-electron chi connectivity index (χ0n) is 7.85. The summed E-state index contributed by atoms with van der Waals surface area (Å²) in [6.07, 6.45) is 0. The van der Waals surface area contributed by atoms with Crippen LogP contribution in [0, 0.1) is 0 Å². The highest BCUT2D eigenvalue weighted by Crippen LogP contribution is 2.33. The minimum atomic E-state index is 0.298. The fourth-order valence-electron chi connectivity index (χ4n) is 1.17. The highest BCUT2D eigenvalue weighted by atomic mass is 79.9. The first kappa shape index (κ1) is 10.6. The van der Waals surface area contributed by atoms with Gasteiger partial charge < -0.3 is 5.11 Å². The van der Waals surface area contributed by atoms with Crippen LogP contribution >= 0.6 is 27.7 Å². The Morgan fingerprint density at radius 2 is 1.60 bits per heavy atom. The van der Waals surface area contributed by atoms with Crippen LogP contribution in [-0.4, -0.2) is 5.11 Å². The summed E-state index contributed by atoms with van der Waals surface area (Å²) in [5.41, 5.74) is 0. The topological polar surface area (TPSA) is 20.2 Å². The van der Waals surface area contributed by atoms with Gasteiger partial charge in [0.25, 0.3) is 0 Å². The minimum Gasteiger partial charge on any atom is -0.508 e. The molecule has 0 amide bonds. The van der Waals surface area contributed by atoms with E-state index >= 15 is 0 Å². The molecule has 0 saturated carbocycles. The van der Waals surface area contributed by atoms with E-state index < -0.39 is 0 Å². The molecule has 0 atom stereocenters. The highest BCUT2D eigenvalue weighted by Gasteiger charge is 2.00. The van der Waals surface area contributed by atoms with Crippen LogP contribution in [0.3, 0.4) is 0 Å². The molecule has 0 aliphatic rings. The third kappa shape index (κ3) is 2.76. The van der Waals surface area contributed by atoms with Gasteiger partial charge in [-0.1, -0.05) is 23.9 Å². The summed E-state index contributed by atoms with van der Waals surface area (Å²) in [5.74, 6) is 0.298. The fraction of sp³-hybridized carbons (Fsp3) is 0. The number of phenolic OH excluding ortho intramolecular Hbond substituents is 1. The SMILES string of the molecule is Oc1ccc(Sc2ccccc2Br)cc1. The standard InChI is InChI=1S/C12H9BrOS/c13-11-3-1-2-4-12(11)15-10-7-5-9(14)6-8-10/h1-8,14H. The van der Waals surface area contributed by atoms with Crippen LogP contribution in [0.4, 0.5) is 0 Å². The Labute approximate surface area is 101 Å². The van der Waals surface area contributed by atoms with Crippen LogP contribution in [0.1, 0.15) is 0 Å². The predicted octanol–water partition coefficient (Wildman–Crippen LogP) is 4.31. The van der Waals surface area contributed by atoms with Crippen LogP contribution in [0.25, 0.3) is 0 Å². The van der Waals surface area contributed by atoms with Crippen LogP contribution in [-0.2, 0) is 0 Å². The van der Waals surface area contributed by atoms with E-state index in [0.717, 1.165) is 9.37 Å². The average molecular weight is 281 g/mol. The molecule has 0 aliphatic heterocycles. The zero-order valence-corrected chi connectivity index (χ0v) is 10.3. The molecule has 0 spiro atoms. The Kier molecular flexibility index (Phi) is 3.34. The lowest BCUT2D eigenvalue weighted by atomic mass is 10.3. The Hall–Kier alpha value is -0.930. The van der Waals surface area contributed by atoms with Crippen molar-refractivity contribution in [3.05, 3.63) is 53.0 Å². The smallest absolute Gasteiger partial charge is 0.115 e. The zero-order chi connectivity index (χ0) is 10.7. The summed E-state index contributed by atoms with van der Waals surface area (Å²) in [6.45, 7) is 0. The lowest BCUT2D eigenvalue weighted by Gasteiger charge is -2.03. The van der Waals surface area contributed by atoms with Crippen LogP contribution in [0.5, 0.6) is 5.75 Å². The third-order valence-corrected chi connectivity index (χ3v) is 3.94. The maximum absolute atomic E-state index is 9.16. The molecular formula is C12H9BrOS. The van der Waals surface area contributed by atoms with E-state index in [2.05, 4.69) is 22.0 Å². The molecule has 0 unspecified atom stereocenters. The van der Waals surface area contributed by atoms with Crippen LogP contribution in [0.15, 0.2) is 62.8 Å². The predicted molar refractivity (Wildman–Crippen MR) is 66.4 cm³/mol. The van der Waals surface area contributed by atoms with Crippen molar-refractivity contribution in [2.24, 2.45) is 0 Å². The first-order chi connectivity index (χ1) is 7.25. The molecule has 1 nitrogen and oxygen atoms in total. The van der Waals surface area contributed by atoms with Crippen molar-refractivity contribution in [3.63, 3.8) is 0 Å². The number of halogens is 1. The number of aromatic hydroxyl groups is 1. The van der Waals surface area contributed by atoms with Crippen LogP contribution in [0.2, 0.25) is 0 Å². The maximum atomic E-state index is 9.16. The second-order valence-corrected chi connectivity index (χ2v) is 5.00. The van der Waals surface area contributed by atoms with Crippen molar-refractivity contribution in [2.45, 2.75) is 9.79 Å².